The number of halogens is 4. The molecule has 116 valence electrons. The number of hydrogen-bond donors (Lipinski definition) is 2. The molecule has 0 aliphatic rings. The number of thiocarbonyl (C=S) groups is 1. The first-order chi connectivity index (χ1) is 9.74. The lowest BCUT2D eigenvalue weighted by Crippen LogP contribution is -2.42. The molecule has 0 aromatic heterocycles. The van der Waals surface area contributed by atoms with E-state index >= 15 is 0 Å². The SMILES string of the molecule is NC(=S)c1ccccc1OCC(=O)NCC(F)(F)C(F)F. The van der Waals surface area contributed by atoms with E-state index in [4.69, 9.17) is 22.7 Å². The van der Waals surface area contributed by atoms with Gasteiger partial charge in [0.2, 0.25) is 0 Å². The zero-order valence-corrected chi connectivity index (χ0v) is 11.4. The Balaban J connectivity index is 2.53. The number of nitrogens with two attached hydrogens (primary N) is 1. The van der Waals surface area contributed by atoms with E-state index in [1.165, 1.54) is 6.07 Å². The van der Waals surface area contributed by atoms with E-state index in [1.807, 2.05) is 0 Å². The van der Waals surface area contributed by atoms with Crippen molar-refractivity contribution in [3.05, 3.63) is 29.8 Å². The predicted molar refractivity (Wildman–Crippen MR) is 71.8 cm³/mol. The Bertz CT molecular complexity index is 526. The Kier molecular flexibility index (Phi) is 5.89. The van der Waals surface area contributed by atoms with E-state index in [1.54, 1.807) is 23.5 Å². The molecular weight excluding hydrogens is 312 g/mol. The van der Waals surface area contributed by atoms with Crippen molar-refractivity contribution in [2.75, 3.05) is 13.2 Å². The van der Waals surface area contributed by atoms with Crippen LogP contribution in [0.15, 0.2) is 24.3 Å². The van der Waals surface area contributed by atoms with Crippen molar-refractivity contribution >= 4 is 23.1 Å². The monoisotopic (exact) mass is 324 g/mol. The highest BCUT2D eigenvalue weighted by Crippen LogP contribution is 2.21. The lowest BCUT2D eigenvalue weighted by Gasteiger charge is -2.16. The molecule has 9 heteroatoms. The molecule has 0 aliphatic carbocycles. The summed E-state index contributed by atoms with van der Waals surface area (Å²) in [6.07, 6.45) is -3.85. The molecule has 4 nitrogen and oxygen atoms in total. The summed E-state index contributed by atoms with van der Waals surface area (Å²) in [5.41, 5.74) is 5.81. The minimum Gasteiger partial charge on any atom is -0.483 e. The van der Waals surface area contributed by atoms with Gasteiger partial charge in [0, 0.05) is 0 Å². The molecular formula is C12H12F4N2O2S. The van der Waals surface area contributed by atoms with E-state index in [9.17, 15) is 22.4 Å². The molecule has 3 N–H and O–H groups in total. The van der Waals surface area contributed by atoms with Gasteiger partial charge in [-0.05, 0) is 12.1 Å². The van der Waals surface area contributed by atoms with Crippen LogP contribution in [0.4, 0.5) is 17.6 Å². The largest absolute Gasteiger partial charge is 0.483 e. The van der Waals surface area contributed by atoms with Crippen molar-refractivity contribution in [3.8, 4) is 5.75 Å². The first-order valence-electron chi connectivity index (χ1n) is 5.68. The van der Waals surface area contributed by atoms with Gasteiger partial charge in [0.05, 0.1) is 12.1 Å². The second-order valence-electron chi connectivity index (χ2n) is 3.99. The Labute approximate surface area is 123 Å². The van der Waals surface area contributed by atoms with Crippen LogP contribution < -0.4 is 15.8 Å². The number of amides is 1. The van der Waals surface area contributed by atoms with Crippen LogP contribution in [0.25, 0.3) is 0 Å². The first kappa shape index (κ1) is 17.2. The number of ether oxygens (including phenoxy) is 1. The van der Waals surface area contributed by atoms with Crippen LogP contribution in [0.2, 0.25) is 0 Å². The molecule has 1 rings (SSSR count). The molecule has 0 saturated carbocycles. The maximum Gasteiger partial charge on any atom is 0.324 e. The third-order valence-corrected chi connectivity index (χ3v) is 2.57. The molecule has 0 bridgehead atoms. The number of para-hydroxylation sites is 1. The van der Waals surface area contributed by atoms with Gasteiger partial charge in [-0.25, -0.2) is 8.78 Å². The minimum absolute atomic E-state index is 0.0373. The van der Waals surface area contributed by atoms with Gasteiger partial charge in [-0.3, -0.25) is 4.79 Å². The molecule has 0 heterocycles. The summed E-state index contributed by atoms with van der Waals surface area (Å²) in [5, 5.41) is 1.67. The standard InChI is InChI=1S/C12H12F4N2O2S/c13-11(14)12(15,16)6-18-9(19)5-20-8-4-2-1-3-7(8)10(17)21/h1-4,11H,5-6H2,(H2,17,21)(H,18,19). The molecule has 0 unspecified atom stereocenters. The van der Waals surface area contributed by atoms with Crippen LogP contribution in [-0.4, -0.2) is 36.4 Å². The van der Waals surface area contributed by atoms with Gasteiger partial charge in [0.1, 0.15) is 10.7 Å². The zero-order chi connectivity index (χ0) is 16.0. The van der Waals surface area contributed by atoms with Crippen molar-refractivity contribution in [1.82, 2.24) is 5.32 Å². The number of benzene rings is 1. The van der Waals surface area contributed by atoms with Crippen LogP contribution in [0.1, 0.15) is 5.56 Å². The van der Waals surface area contributed by atoms with Crippen molar-refractivity contribution in [3.63, 3.8) is 0 Å². The summed E-state index contributed by atoms with van der Waals surface area (Å²) >= 11 is 4.77. The van der Waals surface area contributed by atoms with E-state index in [0.29, 0.717) is 5.56 Å². The minimum atomic E-state index is -4.29. The Hall–Kier alpha value is -1.90. The fourth-order valence-electron chi connectivity index (χ4n) is 1.28. The average Bonchev–Trinajstić information content (AvgIpc) is 2.43. The summed E-state index contributed by atoms with van der Waals surface area (Å²) in [6.45, 7) is -2.09. The quantitative estimate of drug-likeness (QED) is 0.592. The van der Waals surface area contributed by atoms with Crippen molar-refractivity contribution in [2.24, 2.45) is 5.73 Å². The smallest absolute Gasteiger partial charge is 0.324 e. The summed E-state index contributed by atoms with van der Waals surface area (Å²) in [5.74, 6) is -5.05. The Morgan fingerprint density at radius 3 is 2.57 bits per heavy atom. The van der Waals surface area contributed by atoms with Crippen LogP contribution in [0.5, 0.6) is 5.75 Å². The summed E-state index contributed by atoms with van der Waals surface area (Å²) in [6, 6.07) is 6.28. The molecule has 0 saturated heterocycles. The molecule has 1 aromatic carbocycles. The van der Waals surface area contributed by atoms with Crippen molar-refractivity contribution in [1.29, 1.82) is 0 Å². The number of hydrogen-bond acceptors (Lipinski definition) is 3. The molecule has 21 heavy (non-hydrogen) atoms. The number of carbonyl (C=O) groups excluding carboxylic acids is 1. The number of alkyl halides is 4. The van der Waals surface area contributed by atoms with E-state index < -0.39 is 31.4 Å². The van der Waals surface area contributed by atoms with Crippen molar-refractivity contribution in [2.45, 2.75) is 12.3 Å². The highest BCUT2D eigenvalue weighted by atomic mass is 32.1. The van der Waals surface area contributed by atoms with Crippen LogP contribution in [0.3, 0.4) is 0 Å². The first-order valence-corrected chi connectivity index (χ1v) is 6.09. The topological polar surface area (TPSA) is 64.3 Å². The second kappa shape index (κ2) is 7.21. The molecule has 1 amide bonds. The third-order valence-electron chi connectivity index (χ3n) is 2.35. The lowest BCUT2D eigenvalue weighted by molar-refractivity contribution is -0.137. The number of nitrogens with one attached hydrogen (secondary N) is 1. The molecule has 0 radical (unpaired) electrons. The van der Waals surface area contributed by atoms with Gasteiger partial charge >= 0.3 is 12.3 Å². The fourth-order valence-corrected chi connectivity index (χ4v) is 1.45. The average molecular weight is 324 g/mol. The van der Waals surface area contributed by atoms with Gasteiger partial charge in [-0.1, -0.05) is 24.4 Å². The van der Waals surface area contributed by atoms with E-state index in [0.717, 1.165) is 0 Å². The van der Waals surface area contributed by atoms with Crippen molar-refractivity contribution < 1.29 is 27.1 Å². The van der Waals surface area contributed by atoms with Gasteiger partial charge in [0.25, 0.3) is 5.91 Å². The van der Waals surface area contributed by atoms with Gasteiger partial charge < -0.3 is 15.8 Å². The Morgan fingerprint density at radius 1 is 1.38 bits per heavy atom. The highest BCUT2D eigenvalue weighted by Gasteiger charge is 2.40. The predicted octanol–water partition coefficient (Wildman–Crippen LogP) is 1.72. The summed E-state index contributed by atoms with van der Waals surface area (Å²) in [4.78, 5) is 11.3. The maximum atomic E-state index is 12.6. The molecule has 0 atom stereocenters. The third kappa shape index (κ3) is 5.18. The van der Waals surface area contributed by atoms with Crippen LogP contribution in [0, 0.1) is 0 Å². The molecule has 0 spiro atoms. The lowest BCUT2D eigenvalue weighted by atomic mass is 10.2. The normalized spacial score (nSPS) is 11.3. The van der Waals surface area contributed by atoms with Gasteiger partial charge in [-0.15, -0.1) is 0 Å². The van der Waals surface area contributed by atoms with Crippen LogP contribution >= 0.6 is 12.2 Å². The Morgan fingerprint density at radius 2 is 2.00 bits per heavy atom. The maximum absolute atomic E-state index is 12.6. The molecule has 1 aromatic rings. The molecule has 0 fully saturated rings. The van der Waals surface area contributed by atoms with Crippen LogP contribution in [-0.2, 0) is 4.79 Å². The summed E-state index contributed by atoms with van der Waals surface area (Å²) in [7, 11) is 0. The zero-order valence-electron chi connectivity index (χ0n) is 10.6. The van der Waals surface area contributed by atoms with E-state index in [-0.39, 0.29) is 10.7 Å². The highest BCUT2D eigenvalue weighted by molar-refractivity contribution is 7.80. The second-order valence-corrected chi connectivity index (χ2v) is 4.43. The van der Waals surface area contributed by atoms with Gasteiger partial charge in [-0.2, -0.15) is 8.78 Å². The summed E-state index contributed by atoms with van der Waals surface area (Å²) < 4.78 is 54.1. The van der Waals surface area contributed by atoms with E-state index in [2.05, 4.69) is 0 Å². The number of carbonyl (C=O) groups is 1. The molecule has 0 aliphatic heterocycles. The van der Waals surface area contributed by atoms with Gasteiger partial charge in [0.15, 0.2) is 6.61 Å². The number of rotatable bonds is 7. The fraction of sp³-hybridized carbons (Fsp3) is 0.333.